The van der Waals surface area contributed by atoms with Gasteiger partial charge in [0.25, 0.3) is 0 Å². The third-order valence-corrected chi connectivity index (χ3v) is 5.33. The highest BCUT2D eigenvalue weighted by molar-refractivity contribution is 5.34. The fourth-order valence-electron chi connectivity index (χ4n) is 4.21. The lowest BCUT2D eigenvalue weighted by Crippen LogP contribution is -2.38. The monoisotopic (exact) mass is 278 g/mol. The summed E-state index contributed by atoms with van der Waals surface area (Å²) in [6.07, 6.45) is 7.80. The molecule has 0 fully saturated rings. The molecule has 1 heterocycles. The molecule has 2 aliphatic carbocycles. The summed E-state index contributed by atoms with van der Waals surface area (Å²) in [6, 6.07) is 13.3. The van der Waals surface area contributed by atoms with Crippen LogP contribution >= 0.6 is 0 Å². The largest absolute Gasteiger partial charge is 0.327 e. The average molecular weight is 278 g/mol. The predicted molar refractivity (Wildman–Crippen MR) is 85.2 cm³/mol. The highest BCUT2D eigenvalue weighted by atomic mass is 14.8. The molecule has 1 aromatic carbocycles. The third kappa shape index (κ3) is 2.28. The second-order valence-electron chi connectivity index (χ2n) is 6.56. The normalized spacial score (nSPS) is 22.6. The molecule has 2 N–H and O–H groups in total. The number of aromatic nitrogens is 1. The van der Waals surface area contributed by atoms with Crippen LogP contribution in [0.25, 0.3) is 0 Å². The standard InChI is InChI=1S/C19H22N2/c20-18(16-11-14-5-1-2-6-15(14)12-16)17-9-3-7-13-8-4-10-21-19(13)17/h1-2,4-6,8,10,16-18H,3,7,9,11-12,20H2. The maximum atomic E-state index is 6.71. The van der Waals surface area contributed by atoms with Crippen molar-refractivity contribution in [3.63, 3.8) is 0 Å². The fourth-order valence-corrected chi connectivity index (χ4v) is 4.21. The van der Waals surface area contributed by atoms with Crippen molar-refractivity contribution in [2.24, 2.45) is 11.7 Å². The Balaban J connectivity index is 1.59. The lowest BCUT2D eigenvalue weighted by atomic mass is 9.77. The highest BCUT2D eigenvalue weighted by Crippen LogP contribution is 2.38. The molecule has 2 aliphatic rings. The molecule has 2 aromatic rings. The lowest BCUT2D eigenvalue weighted by Gasteiger charge is -2.32. The second kappa shape index (κ2) is 5.27. The quantitative estimate of drug-likeness (QED) is 0.916. The molecule has 0 amide bonds. The number of hydrogen-bond donors (Lipinski definition) is 1. The van der Waals surface area contributed by atoms with Crippen LogP contribution in [0.5, 0.6) is 0 Å². The van der Waals surface area contributed by atoms with Gasteiger partial charge in [0.05, 0.1) is 0 Å². The van der Waals surface area contributed by atoms with Crippen molar-refractivity contribution >= 4 is 0 Å². The Morgan fingerprint density at radius 2 is 1.71 bits per heavy atom. The number of nitrogens with two attached hydrogens (primary N) is 1. The molecule has 0 saturated carbocycles. The summed E-state index contributed by atoms with van der Waals surface area (Å²) in [5, 5.41) is 0. The maximum absolute atomic E-state index is 6.71. The molecule has 21 heavy (non-hydrogen) atoms. The molecule has 0 spiro atoms. The van der Waals surface area contributed by atoms with Gasteiger partial charge in [0.2, 0.25) is 0 Å². The molecule has 1 aromatic heterocycles. The minimum absolute atomic E-state index is 0.228. The van der Waals surface area contributed by atoms with Gasteiger partial charge in [-0.3, -0.25) is 4.98 Å². The first-order chi connectivity index (χ1) is 10.3. The van der Waals surface area contributed by atoms with Crippen LogP contribution in [-0.2, 0) is 19.3 Å². The van der Waals surface area contributed by atoms with Crippen molar-refractivity contribution in [1.29, 1.82) is 0 Å². The zero-order valence-corrected chi connectivity index (χ0v) is 12.3. The van der Waals surface area contributed by atoms with Gasteiger partial charge in [0.15, 0.2) is 0 Å². The number of hydrogen-bond acceptors (Lipinski definition) is 2. The van der Waals surface area contributed by atoms with Gasteiger partial charge in [-0.15, -0.1) is 0 Å². The summed E-state index contributed by atoms with van der Waals surface area (Å²) in [7, 11) is 0. The van der Waals surface area contributed by atoms with E-state index < -0.39 is 0 Å². The molecule has 0 aliphatic heterocycles. The Labute approximate surface area is 126 Å². The minimum Gasteiger partial charge on any atom is -0.327 e. The van der Waals surface area contributed by atoms with Gasteiger partial charge in [-0.25, -0.2) is 0 Å². The first-order valence-electron chi connectivity index (χ1n) is 8.09. The molecular weight excluding hydrogens is 256 g/mol. The summed E-state index contributed by atoms with van der Waals surface area (Å²) < 4.78 is 0. The molecule has 108 valence electrons. The molecule has 2 heteroatoms. The summed E-state index contributed by atoms with van der Waals surface area (Å²) in [5.41, 5.74) is 12.4. The van der Waals surface area contributed by atoms with Crippen LogP contribution in [0.3, 0.4) is 0 Å². The zero-order chi connectivity index (χ0) is 14.2. The topological polar surface area (TPSA) is 38.9 Å². The van der Waals surface area contributed by atoms with E-state index in [9.17, 15) is 0 Å². The van der Waals surface area contributed by atoms with Crippen molar-refractivity contribution in [2.45, 2.75) is 44.1 Å². The minimum atomic E-state index is 0.228. The van der Waals surface area contributed by atoms with Crippen LogP contribution < -0.4 is 5.73 Å². The molecule has 0 saturated heterocycles. The number of nitrogens with zero attached hydrogens (tertiary/aromatic N) is 1. The van der Waals surface area contributed by atoms with Gasteiger partial charge in [0.1, 0.15) is 0 Å². The molecule has 0 bridgehead atoms. The average Bonchev–Trinajstić information content (AvgIpc) is 2.97. The SMILES string of the molecule is NC(C1Cc2ccccc2C1)C1CCCc2cccnc21. The molecule has 2 atom stereocenters. The van der Waals surface area contributed by atoms with E-state index in [1.165, 1.54) is 35.2 Å². The lowest BCUT2D eigenvalue weighted by molar-refractivity contribution is 0.345. The van der Waals surface area contributed by atoms with Crippen molar-refractivity contribution < 1.29 is 0 Å². The van der Waals surface area contributed by atoms with Crippen LogP contribution in [0.4, 0.5) is 0 Å². The Kier molecular flexibility index (Phi) is 3.27. The van der Waals surface area contributed by atoms with E-state index in [1.807, 2.05) is 6.20 Å². The smallest absolute Gasteiger partial charge is 0.0481 e. The van der Waals surface area contributed by atoms with Gasteiger partial charge < -0.3 is 5.73 Å². The number of benzene rings is 1. The van der Waals surface area contributed by atoms with Crippen LogP contribution in [0, 0.1) is 5.92 Å². The summed E-state index contributed by atoms with van der Waals surface area (Å²) >= 11 is 0. The van der Waals surface area contributed by atoms with Crippen molar-refractivity contribution in [1.82, 2.24) is 4.98 Å². The Morgan fingerprint density at radius 3 is 2.48 bits per heavy atom. The van der Waals surface area contributed by atoms with E-state index in [1.54, 1.807) is 0 Å². The van der Waals surface area contributed by atoms with Crippen LogP contribution in [0.2, 0.25) is 0 Å². The Bertz CT molecular complexity index is 625. The third-order valence-electron chi connectivity index (χ3n) is 5.33. The maximum Gasteiger partial charge on any atom is 0.0481 e. The number of pyridine rings is 1. The van der Waals surface area contributed by atoms with Gasteiger partial charge in [-0.2, -0.15) is 0 Å². The Morgan fingerprint density at radius 1 is 1.00 bits per heavy atom. The molecular formula is C19H22N2. The van der Waals surface area contributed by atoms with E-state index in [-0.39, 0.29) is 6.04 Å². The molecule has 4 rings (SSSR count). The molecule has 2 unspecified atom stereocenters. The number of fused-ring (bicyclic) bond motifs is 2. The molecule has 0 radical (unpaired) electrons. The van der Waals surface area contributed by atoms with Crippen molar-refractivity contribution in [3.8, 4) is 0 Å². The molecule has 2 nitrogen and oxygen atoms in total. The first-order valence-corrected chi connectivity index (χ1v) is 8.09. The Hall–Kier alpha value is -1.67. The second-order valence-corrected chi connectivity index (χ2v) is 6.56. The van der Waals surface area contributed by atoms with Crippen LogP contribution in [-0.4, -0.2) is 11.0 Å². The summed E-state index contributed by atoms with van der Waals surface area (Å²) in [6.45, 7) is 0. The van der Waals surface area contributed by atoms with E-state index in [0.717, 1.165) is 19.3 Å². The first kappa shape index (κ1) is 13.0. The predicted octanol–water partition coefficient (Wildman–Crippen LogP) is 3.24. The number of aryl methyl sites for hydroxylation is 1. The van der Waals surface area contributed by atoms with Gasteiger partial charge in [-0.1, -0.05) is 30.3 Å². The zero-order valence-electron chi connectivity index (χ0n) is 12.3. The van der Waals surface area contributed by atoms with Gasteiger partial charge in [-0.05, 0) is 60.8 Å². The fraction of sp³-hybridized carbons (Fsp3) is 0.421. The van der Waals surface area contributed by atoms with Crippen molar-refractivity contribution in [2.75, 3.05) is 0 Å². The number of rotatable bonds is 2. The van der Waals surface area contributed by atoms with Crippen molar-refractivity contribution in [3.05, 3.63) is 65.0 Å². The van der Waals surface area contributed by atoms with E-state index in [0.29, 0.717) is 11.8 Å². The van der Waals surface area contributed by atoms with E-state index >= 15 is 0 Å². The van der Waals surface area contributed by atoms with E-state index in [4.69, 9.17) is 5.73 Å². The van der Waals surface area contributed by atoms with Crippen LogP contribution in [0.1, 0.15) is 41.1 Å². The van der Waals surface area contributed by atoms with E-state index in [2.05, 4.69) is 41.4 Å². The van der Waals surface area contributed by atoms with Crippen LogP contribution in [0.15, 0.2) is 42.6 Å². The summed E-state index contributed by atoms with van der Waals surface area (Å²) in [4.78, 5) is 4.66. The highest BCUT2D eigenvalue weighted by Gasteiger charge is 2.34. The van der Waals surface area contributed by atoms with Gasteiger partial charge >= 0.3 is 0 Å². The summed E-state index contributed by atoms with van der Waals surface area (Å²) in [5.74, 6) is 1.01. The van der Waals surface area contributed by atoms with Gasteiger partial charge in [0, 0.05) is 23.9 Å².